The fourth-order valence-corrected chi connectivity index (χ4v) is 4.08. The van der Waals surface area contributed by atoms with Gasteiger partial charge in [0.15, 0.2) is 5.96 Å². The zero-order valence-corrected chi connectivity index (χ0v) is 20.6. The molecule has 4 atom stereocenters. The molecule has 1 aliphatic rings. The first kappa shape index (κ1) is 30.0. The van der Waals surface area contributed by atoms with Gasteiger partial charge in [-0.25, -0.2) is 4.79 Å². The third kappa shape index (κ3) is 10.4. The number of nitrogens with two attached hydrogens (primary N) is 4. The summed E-state index contributed by atoms with van der Waals surface area (Å²) in [6, 6.07) is -4.26. The van der Waals surface area contributed by atoms with Gasteiger partial charge in [0.2, 0.25) is 23.6 Å². The predicted octanol–water partition coefficient (Wildman–Crippen LogP) is -2.96. The standard InChI is InChI=1S/C20H36N8O6S/c1-35-9-6-13(19(33)34)27-17(31)14-5-3-8-28(14)18(32)12(4-2-7-25-20(23)24)26-16(30)11(21)10-15(22)29/h11-14H,2-10,21H2,1H3,(H2,22,29)(H,26,30)(H,27,31)(H,33,34)(H4,23,24,25). The maximum absolute atomic E-state index is 13.4. The molecule has 1 rings (SSSR count). The number of aliphatic carboxylic acids is 1. The molecular weight excluding hydrogens is 480 g/mol. The molecule has 0 spiro atoms. The van der Waals surface area contributed by atoms with Crippen LogP contribution in [0.15, 0.2) is 4.99 Å². The molecule has 15 heteroatoms. The number of amides is 4. The first-order valence-electron chi connectivity index (χ1n) is 11.2. The highest BCUT2D eigenvalue weighted by atomic mass is 32.2. The molecule has 0 radical (unpaired) electrons. The minimum absolute atomic E-state index is 0.119. The van der Waals surface area contributed by atoms with Gasteiger partial charge in [-0.05, 0) is 44.1 Å². The Bertz CT molecular complexity index is 806. The molecule has 4 unspecified atom stereocenters. The summed E-state index contributed by atoms with van der Waals surface area (Å²) in [5.74, 6) is -3.34. The van der Waals surface area contributed by atoms with Crippen LogP contribution in [0.25, 0.3) is 0 Å². The maximum atomic E-state index is 13.4. The van der Waals surface area contributed by atoms with Crippen molar-refractivity contribution in [1.82, 2.24) is 15.5 Å². The van der Waals surface area contributed by atoms with Gasteiger partial charge in [-0.15, -0.1) is 0 Å². The summed E-state index contributed by atoms with van der Waals surface area (Å²) in [6.45, 7) is 0.460. The average Bonchev–Trinajstić information content (AvgIpc) is 3.27. The van der Waals surface area contributed by atoms with E-state index in [0.717, 1.165) is 0 Å². The Morgan fingerprint density at radius 2 is 1.80 bits per heavy atom. The van der Waals surface area contributed by atoms with Crippen LogP contribution in [0.5, 0.6) is 0 Å². The molecule has 35 heavy (non-hydrogen) atoms. The first-order valence-corrected chi connectivity index (χ1v) is 12.6. The van der Waals surface area contributed by atoms with Crippen LogP contribution in [0, 0.1) is 0 Å². The second-order valence-corrected chi connectivity index (χ2v) is 9.14. The number of hydrogen-bond acceptors (Lipinski definition) is 8. The van der Waals surface area contributed by atoms with Crippen molar-refractivity contribution in [3.8, 4) is 0 Å². The van der Waals surface area contributed by atoms with Crippen LogP contribution in [0.3, 0.4) is 0 Å². The van der Waals surface area contributed by atoms with Crippen LogP contribution in [-0.2, 0) is 24.0 Å². The molecule has 0 aromatic heterocycles. The van der Waals surface area contributed by atoms with Crippen LogP contribution < -0.4 is 33.6 Å². The molecular formula is C20H36N8O6S. The number of carboxylic acids is 1. The molecule has 0 aromatic carbocycles. The molecule has 1 fully saturated rings. The second kappa shape index (κ2) is 15.0. The van der Waals surface area contributed by atoms with E-state index in [1.54, 1.807) is 0 Å². The van der Waals surface area contributed by atoms with Gasteiger partial charge >= 0.3 is 5.97 Å². The van der Waals surface area contributed by atoms with Gasteiger partial charge < -0.3 is 43.6 Å². The third-order valence-corrected chi connectivity index (χ3v) is 6.03. The molecule has 1 saturated heterocycles. The summed E-state index contributed by atoms with van der Waals surface area (Å²) in [5, 5.41) is 14.4. The largest absolute Gasteiger partial charge is 0.480 e. The molecule has 4 amide bonds. The van der Waals surface area contributed by atoms with Crippen LogP contribution in [0.2, 0.25) is 0 Å². The second-order valence-electron chi connectivity index (χ2n) is 8.16. The van der Waals surface area contributed by atoms with Crippen molar-refractivity contribution in [3.63, 3.8) is 0 Å². The Balaban J connectivity index is 2.97. The van der Waals surface area contributed by atoms with Gasteiger partial charge in [0.05, 0.1) is 12.5 Å². The smallest absolute Gasteiger partial charge is 0.326 e. The molecule has 14 nitrogen and oxygen atoms in total. The number of primary amides is 1. The van der Waals surface area contributed by atoms with Crippen molar-refractivity contribution in [2.75, 3.05) is 25.1 Å². The number of rotatable bonds is 15. The van der Waals surface area contributed by atoms with Crippen LogP contribution >= 0.6 is 11.8 Å². The molecule has 0 bridgehead atoms. The van der Waals surface area contributed by atoms with Crippen LogP contribution in [0.1, 0.15) is 38.5 Å². The molecule has 1 aliphatic heterocycles. The van der Waals surface area contributed by atoms with E-state index in [2.05, 4.69) is 15.6 Å². The third-order valence-electron chi connectivity index (χ3n) is 5.38. The van der Waals surface area contributed by atoms with Crippen LogP contribution in [-0.4, -0.2) is 94.8 Å². The quantitative estimate of drug-likeness (QED) is 0.0661. The van der Waals surface area contributed by atoms with E-state index in [-0.39, 0.29) is 31.9 Å². The van der Waals surface area contributed by atoms with Gasteiger partial charge in [-0.2, -0.15) is 11.8 Å². The highest BCUT2D eigenvalue weighted by Gasteiger charge is 2.39. The number of likely N-dealkylation sites (tertiary alicyclic amines) is 1. The SMILES string of the molecule is CSCCC(NC(=O)C1CCCN1C(=O)C(CCCN=C(N)N)NC(=O)C(N)CC(N)=O)C(=O)O. The average molecular weight is 517 g/mol. The highest BCUT2D eigenvalue weighted by molar-refractivity contribution is 7.98. The van der Waals surface area contributed by atoms with Crippen LogP contribution in [0.4, 0.5) is 0 Å². The number of guanidine groups is 1. The van der Waals surface area contributed by atoms with Gasteiger partial charge in [0, 0.05) is 13.1 Å². The lowest BCUT2D eigenvalue weighted by Gasteiger charge is -2.30. The number of carboxylic acid groups (broad SMARTS) is 1. The molecule has 1 heterocycles. The number of hydrogen-bond donors (Lipinski definition) is 7. The summed E-state index contributed by atoms with van der Waals surface area (Å²) >= 11 is 1.46. The van der Waals surface area contributed by atoms with Crippen molar-refractivity contribution in [1.29, 1.82) is 0 Å². The normalized spacial score (nSPS) is 17.7. The summed E-state index contributed by atoms with van der Waals surface area (Å²) in [7, 11) is 0. The number of aliphatic imine (C=N–C) groups is 1. The molecule has 0 aromatic rings. The zero-order valence-electron chi connectivity index (χ0n) is 19.8. The Morgan fingerprint density at radius 3 is 2.37 bits per heavy atom. The first-order chi connectivity index (χ1) is 16.5. The van der Waals surface area contributed by atoms with E-state index < -0.39 is 60.2 Å². The summed E-state index contributed by atoms with van der Waals surface area (Å²) < 4.78 is 0. The van der Waals surface area contributed by atoms with Gasteiger partial charge in [-0.3, -0.25) is 24.2 Å². The van der Waals surface area contributed by atoms with E-state index in [4.69, 9.17) is 22.9 Å². The van der Waals surface area contributed by atoms with Crippen molar-refractivity contribution < 1.29 is 29.1 Å². The summed E-state index contributed by atoms with van der Waals surface area (Å²) in [6.07, 6.45) is 3.02. The molecule has 0 saturated carbocycles. The van der Waals surface area contributed by atoms with Crippen molar-refractivity contribution >= 4 is 47.3 Å². The minimum Gasteiger partial charge on any atom is -0.480 e. The molecule has 11 N–H and O–H groups in total. The lowest BCUT2D eigenvalue weighted by Crippen LogP contribution is -2.57. The van der Waals surface area contributed by atoms with E-state index in [1.165, 1.54) is 16.7 Å². The van der Waals surface area contributed by atoms with E-state index >= 15 is 0 Å². The number of nitrogens with one attached hydrogen (secondary N) is 2. The lowest BCUT2D eigenvalue weighted by atomic mass is 10.1. The maximum Gasteiger partial charge on any atom is 0.326 e. The fraction of sp³-hybridized carbons (Fsp3) is 0.700. The summed E-state index contributed by atoms with van der Waals surface area (Å²) in [5.41, 5.74) is 21.4. The monoisotopic (exact) mass is 516 g/mol. The Hall–Kier alpha value is -3.07. The fourth-order valence-electron chi connectivity index (χ4n) is 3.61. The number of thioether (sulfide) groups is 1. The Morgan fingerprint density at radius 1 is 1.11 bits per heavy atom. The molecule has 198 valence electrons. The highest BCUT2D eigenvalue weighted by Crippen LogP contribution is 2.20. The minimum atomic E-state index is -1.24. The van der Waals surface area contributed by atoms with E-state index in [0.29, 0.717) is 25.0 Å². The van der Waals surface area contributed by atoms with E-state index in [9.17, 15) is 29.1 Å². The zero-order chi connectivity index (χ0) is 26.5. The molecule has 0 aliphatic carbocycles. The number of carbonyl (C=O) groups excluding carboxylic acids is 4. The van der Waals surface area contributed by atoms with Crippen molar-refractivity contribution in [2.45, 2.75) is 62.7 Å². The van der Waals surface area contributed by atoms with Gasteiger partial charge in [0.1, 0.15) is 18.1 Å². The predicted molar refractivity (Wildman–Crippen MR) is 131 cm³/mol. The van der Waals surface area contributed by atoms with E-state index in [1.807, 2.05) is 6.26 Å². The van der Waals surface area contributed by atoms with Gasteiger partial charge in [0.25, 0.3) is 0 Å². The van der Waals surface area contributed by atoms with Crippen molar-refractivity contribution in [3.05, 3.63) is 0 Å². The topological polar surface area (TPSA) is 249 Å². The lowest BCUT2D eigenvalue weighted by molar-refractivity contribution is -0.145. The summed E-state index contributed by atoms with van der Waals surface area (Å²) in [4.78, 5) is 66.5. The number of nitrogens with zero attached hydrogens (tertiary/aromatic N) is 2. The Labute approximate surface area is 208 Å². The number of carbonyl (C=O) groups is 5. The Kier molecular flexibility index (Phi) is 12.9. The van der Waals surface area contributed by atoms with Gasteiger partial charge in [-0.1, -0.05) is 0 Å². The van der Waals surface area contributed by atoms with Crippen molar-refractivity contribution in [2.24, 2.45) is 27.9 Å².